The average molecular weight is 419 g/mol. The van der Waals surface area contributed by atoms with E-state index in [1.54, 1.807) is 6.20 Å². The van der Waals surface area contributed by atoms with E-state index in [-0.39, 0.29) is 11.8 Å². The van der Waals surface area contributed by atoms with Crippen molar-refractivity contribution in [3.63, 3.8) is 0 Å². The number of hydrogen-bond donors (Lipinski definition) is 0. The van der Waals surface area contributed by atoms with E-state index in [0.29, 0.717) is 12.1 Å². The van der Waals surface area contributed by atoms with Crippen molar-refractivity contribution >= 4 is 22.9 Å². The van der Waals surface area contributed by atoms with Gasteiger partial charge in [0.2, 0.25) is 5.95 Å². The van der Waals surface area contributed by atoms with Crippen LogP contribution in [-0.4, -0.2) is 56.5 Å². The van der Waals surface area contributed by atoms with Crippen molar-refractivity contribution in [2.45, 2.75) is 44.9 Å². The van der Waals surface area contributed by atoms with Gasteiger partial charge in [0, 0.05) is 45.3 Å². The van der Waals surface area contributed by atoms with Crippen LogP contribution in [0, 0.1) is 6.92 Å². The molecule has 7 nitrogen and oxygen atoms in total. The fourth-order valence-electron chi connectivity index (χ4n) is 4.98. The van der Waals surface area contributed by atoms with Crippen molar-refractivity contribution in [1.82, 2.24) is 24.4 Å². The first-order valence-corrected chi connectivity index (χ1v) is 11.4. The highest BCUT2D eigenvalue weighted by Crippen LogP contribution is 2.29. The van der Waals surface area contributed by atoms with Crippen molar-refractivity contribution in [3.05, 3.63) is 47.5 Å². The Bertz CT molecular complexity index is 1100. The lowest BCUT2D eigenvalue weighted by molar-refractivity contribution is 0.0702. The standard InChI is InChI=1S/C24H30N6O/c1-17-19(15-25-24(26-17)29-12-6-3-7-13-29)23(31)30-14-8-9-18(16-30)22-27-20-10-4-5-11-21(20)28(22)2/h4-5,10-11,15,18H,3,6-9,12-14,16H2,1-2H3/t18-/m1/s1. The van der Waals surface area contributed by atoms with Crippen molar-refractivity contribution in [3.8, 4) is 0 Å². The lowest BCUT2D eigenvalue weighted by Crippen LogP contribution is -2.40. The Kier molecular flexibility index (Phi) is 5.34. The number of imidazole rings is 1. The minimum atomic E-state index is 0.0335. The van der Waals surface area contributed by atoms with Crippen molar-refractivity contribution in [1.29, 1.82) is 0 Å². The number of aryl methyl sites for hydroxylation is 2. The Hall–Kier alpha value is -2.96. The number of nitrogens with zero attached hydrogens (tertiary/aromatic N) is 6. The summed E-state index contributed by atoms with van der Waals surface area (Å²) < 4.78 is 2.18. The summed E-state index contributed by atoms with van der Waals surface area (Å²) in [7, 11) is 2.07. The fraction of sp³-hybridized carbons (Fsp3) is 0.500. The van der Waals surface area contributed by atoms with Crippen LogP contribution in [0.2, 0.25) is 0 Å². The van der Waals surface area contributed by atoms with E-state index >= 15 is 0 Å². The van der Waals surface area contributed by atoms with Crippen molar-refractivity contribution in [2.75, 3.05) is 31.1 Å². The van der Waals surface area contributed by atoms with Crippen LogP contribution in [0.25, 0.3) is 11.0 Å². The predicted molar refractivity (Wildman–Crippen MR) is 121 cm³/mol. The fourth-order valence-corrected chi connectivity index (χ4v) is 4.98. The van der Waals surface area contributed by atoms with Crippen molar-refractivity contribution in [2.24, 2.45) is 7.05 Å². The number of anilines is 1. The van der Waals surface area contributed by atoms with E-state index < -0.39 is 0 Å². The molecule has 5 rings (SSSR count). The highest BCUT2D eigenvalue weighted by Gasteiger charge is 2.29. The molecular weight excluding hydrogens is 388 g/mol. The van der Waals surface area contributed by atoms with Crippen LogP contribution < -0.4 is 4.90 Å². The van der Waals surface area contributed by atoms with Crippen LogP contribution in [0.5, 0.6) is 0 Å². The van der Waals surface area contributed by atoms with Crippen LogP contribution >= 0.6 is 0 Å². The molecule has 7 heteroatoms. The van der Waals surface area contributed by atoms with Gasteiger partial charge in [-0.3, -0.25) is 4.79 Å². The summed E-state index contributed by atoms with van der Waals surface area (Å²) in [4.78, 5) is 31.6. The SMILES string of the molecule is Cc1nc(N2CCCCC2)ncc1C(=O)N1CCC[C@@H](c2nc3ccccc3n2C)C1. The lowest BCUT2D eigenvalue weighted by Gasteiger charge is -2.33. The number of carbonyl (C=O) groups excluding carboxylic acids is 1. The van der Waals surface area contributed by atoms with Gasteiger partial charge in [0.15, 0.2) is 0 Å². The summed E-state index contributed by atoms with van der Waals surface area (Å²) in [6.45, 7) is 5.38. The predicted octanol–water partition coefficient (Wildman–Crippen LogP) is 3.68. The largest absolute Gasteiger partial charge is 0.341 e. The molecule has 1 atom stereocenters. The number of carbonyl (C=O) groups is 1. The number of para-hydroxylation sites is 2. The first-order chi connectivity index (χ1) is 15.1. The molecule has 4 heterocycles. The van der Waals surface area contributed by atoms with Gasteiger partial charge in [-0.25, -0.2) is 15.0 Å². The van der Waals surface area contributed by atoms with E-state index in [4.69, 9.17) is 4.98 Å². The molecular formula is C24H30N6O. The Morgan fingerprint density at radius 3 is 2.61 bits per heavy atom. The maximum atomic E-state index is 13.3. The summed E-state index contributed by atoms with van der Waals surface area (Å²) in [5, 5.41) is 0. The van der Waals surface area contributed by atoms with Crippen molar-refractivity contribution < 1.29 is 4.79 Å². The number of hydrogen-bond acceptors (Lipinski definition) is 5. The molecule has 1 amide bonds. The monoisotopic (exact) mass is 418 g/mol. The molecule has 2 saturated heterocycles. The highest BCUT2D eigenvalue weighted by atomic mass is 16.2. The van der Waals surface area contributed by atoms with Gasteiger partial charge in [-0.05, 0) is 51.2 Å². The van der Waals surface area contributed by atoms with E-state index in [2.05, 4.69) is 38.6 Å². The molecule has 3 aromatic rings. The zero-order valence-electron chi connectivity index (χ0n) is 18.4. The Morgan fingerprint density at radius 1 is 1.03 bits per heavy atom. The van der Waals surface area contributed by atoms with Gasteiger partial charge < -0.3 is 14.4 Å². The highest BCUT2D eigenvalue weighted by molar-refractivity contribution is 5.95. The van der Waals surface area contributed by atoms with Crippen LogP contribution in [0.4, 0.5) is 5.95 Å². The molecule has 2 aromatic heterocycles. The van der Waals surface area contributed by atoms with Gasteiger partial charge in [0.05, 0.1) is 22.3 Å². The molecule has 0 saturated carbocycles. The van der Waals surface area contributed by atoms with E-state index in [9.17, 15) is 4.79 Å². The Balaban J connectivity index is 1.35. The maximum Gasteiger partial charge on any atom is 0.257 e. The van der Waals surface area contributed by atoms with Crippen LogP contribution in [0.15, 0.2) is 30.5 Å². The zero-order valence-corrected chi connectivity index (χ0v) is 18.4. The average Bonchev–Trinajstić information content (AvgIpc) is 3.16. The molecule has 0 radical (unpaired) electrons. The topological polar surface area (TPSA) is 67.2 Å². The van der Waals surface area contributed by atoms with Crippen LogP contribution in [0.1, 0.15) is 59.9 Å². The molecule has 2 fully saturated rings. The zero-order chi connectivity index (χ0) is 21.4. The quantitative estimate of drug-likeness (QED) is 0.649. The first-order valence-electron chi connectivity index (χ1n) is 11.4. The molecule has 162 valence electrons. The maximum absolute atomic E-state index is 13.3. The van der Waals surface area contributed by atoms with Gasteiger partial charge in [0.25, 0.3) is 5.91 Å². The third-order valence-corrected chi connectivity index (χ3v) is 6.73. The minimum absolute atomic E-state index is 0.0335. The third-order valence-electron chi connectivity index (χ3n) is 6.73. The molecule has 2 aliphatic heterocycles. The summed E-state index contributed by atoms with van der Waals surface area (Å²) in [5.41, 5.74) is 3.54. The molecule has 2 aliphatic rings. The van der Waals surface area contributed by atoms with Crippen LogP contribution in [0.3, 0.4) is 0 Å². The summed E-state index contributed by atoms with van der Waals surface area (Å²) in [6, 6.07) is 8.21. The van der Waals surface area contributed by atoms with Crippen LogP contribution in [-0.2, 0) is 7.05 Å². The molecule has 0 unspecified atom stereocenters. The summed E-state index contributed by atoms with van der Waals surface area (Å²) >= 11 is 0. The second-order valence-electron chi connectivity index (χ2n) is 8.82. The number of amides is 1. The number of benzene rings is 1. The Morgan fingerprint density at radius 2 is 1.84 bits per heavy atom. The number of piperidine rings is 2. The molecule has 0 spiro atoms. The van der Waals surface area contributed by atoms with Gasteiger partial charge in [0.1, 0.15) is 5.82 Å². The van der Waals surface area contributed by atoms with E-state index in [1.807, 2.05) is 24.0 Å². The lowest BCUT2D eigenvalue weighted by atomic mass is 9.96. The number of rotatable bonds is 3. The number of aromatic nitrogens is 4. The molecule has 0 bridgehead atoms. The molecule has 0 N–H and O–H groups in total. The summed E-state index contributed by atoms with van der Waals surface area (Å²) in [6.07, 6.45) is 7.39. The molecule has 0 aliphatic carbocycles. The second kappa shape index (κ2) is 8.29. The van der Waals surface area contributed by atoms with E-state index in [1.165, 1.54) is 19.3 Å². The summed E-state index contributed by atoms with van der Waals surface area (Å²) in [5.74, 6) is 2.09. The second-order valence-corrected chi connectivity index (χ2v) is 8.82. The molecule has 31 heavy (non-hydrogen) atoms. The number of likely N-dealkylation sites (tertiary alicyclic amines) is 1. The normalized spacial score (nSPS) is 19.7. The van der Waals surface area contributed by atoms with Gasteiger partial charge in [-0.2, -0.15) is 0 Å². The first kappa shape index (κ1) is 20.0. The third kappa shape index (κ3) is 3.77. The number of fused-ring (bicyclic) bond motifs is 1. The van der Waals surface area contributed by atoms with Gasteiger partial charge in [-0.1, -0.05) is 12.1 Å². The minimum Gasteiger partial charge on any atom is -0.341 e. The van der Waals surface area contributed by atoms with E-state index in [0.717, 1.165) is 61.0 Å². The van der Waals surface area contributed by atoms with Gasteiger partial charge >= 0.3 is 0 Å². The Labute approximate surface area is 183 Å². The smallest absolute Gasteiger partial charge is 0.257 e. The van der Waals surface area contributed by atoms with Gasteiger partial charge in [-0.15, -0.1) is 0 Å². The molecule has 1 aromatic carbocycles.